The molecule has 0 radical (unpaired) electrons. The van der Waals surface area contributed by atoms with E-state index >= 15 is 0 Å². The molecule has 0 aliphatic carbocycles. The minimum Gasteiger partial charge on any atom is -0.394 e. The van der Waals surface area contributed by atoms with Crippen molar-refractivity contribution in [3.05, 3.63) is 46.5 Å². The summed E-state index contributed by atoms with van der Waals surface area (Å²) in [5, 5.41) is 12.0. The molecule has 0 saturated heterocycles. The molecule has 2 rings (SSSR count). The second-order valence-electron chi connectivity index (χ2n) is 5.12. The first-order valence-corrected chi connectivity index (χ1v) is 7.75. The lowest BCUT2D eigenvalue weighted by Crippen LogP contribution is -2.40. The number of aliphatic hydroxyl groups is 1. The number of urea groups is 1. The number of benzene rings is 1. The SMILES string of the molecule is CC(CO)N(C)C(=O)Nc1ncc(Cc2ccc(F)cc2F)s1. The van der Waals surface area contributed by atoms with Crippen molar-refractivity contribution in [2.45, 2.75) is 19.4 Å². The summed E-state index contributed by atoms with van der Waals surface area (Å²) in [5.41, 5.74) is 0.360. The lowest BCUT2D eigenvalue weighted by molar-refractivity contribution is 0.166. The van der Waals surface area contributed by atoms with Crippen molar-refractivity contribution in [2.24, 2.45) is 0 Å². The van der Waals surface area contributed by atoms with Gasteiger partial charge in [-0.2, -0.15) is 0 Å². The maximum atomic E-state index is 13.6. The van der Waals surface area contributed by atoms with Crippen molar-refractivity contribution in [3.63, 3.8) is 0 Å². The molecule has 1 aromatic heterocycles. The monoisotopic (exact) mass is 341 g/mol. The van der Waals surface area contributed by atoms with Crippen LogP contribution in [0.25, 0.3) is 0 Å². The van der Waals surface area contributed by atoms with Crippen LogP contribution in [0.15, 0.2) is 24.4 Å². The fourth-order valence-electron chi connectivity index (χ4n) is 1.80. The molecule has 1 aromatic carbocycles. The molecule has 0 fully saturated rings. The van der Waals surface area contributed by atoms with E-state index in [4.69, 9.17) is 5.11 Å². The van der Waals surface area contributed by atoms with Crippen LogP contribution in [-0.2, 0) is 6.42 Å². The van der Waals surface area contributed by atoms with E-state index in [9.17, 15) is 13.6 Å². The third kappa shape index (κ3) is 4.46. The molecule has 0 aliphatic heterocycles. The highest BCUT2D eigenvalue weighted by Crippen LogP contribution is 2.23. The largest absolute Gasteiger partial charge is 0.394 e. The first-order valence-electron chi connectivity index (χ1n) is 6.94. The molecule has 1 unspecified atom stereocenters. The molecule has 2 N–H and O–H groups in total. The molecular weight excluding hydrogens is 324 g/mol. The number of likely N-dealkylation sites (N-methyl/N-ethyl adjacent to an activating group) is 1. The molecular formula is C15H17F2N3O2S. The highest BCUT2D eigenvalue weighted by molar-refractivity contribution is 7.15. The van der Waals surface area contributed by atoms with E-state index in [1.807, 2.05) is 0 Å². The second-order valence-corrected chi connectivity index (χ2v) is 6.23. The highest BCUT2D eigenvalue weighted by atomic mass is 32.1. The molecule has 0 saturated carbocycles. The number of thiazole rings is 1. The number of rotatable bonds is 5. The van der Waals surface area contributed by atoms with Crippen LogP contribution in [-0.4, -0.2) is 40.7 Å². The zero-order chi connectivity index (χ0) is 17.0. The van der Waals surface area contributed by atoms with E-state index in [0.717, 1.165) is 10.9 Å². The Bertz CT molecular complexity index is 693. The van der Waals surface area contributed by atoms with Gasteiger partial charge in [0, 0.05) is 30.6 Å². The van der Waals surface area contributed by atoms with Crippen LogP contribution in [0.2, 0.25) is 0 Å². The Balaban J connectivity index is 2.02. The molecule has 124 valence electrons. The average molecular weight is 341 g/mol. The van der Waals surface area contributed by atoms with E-state index in [1.165, 1.54) is 28.4 Å². The lowest BCUT2D eigenvalue weighted by atomic mass is 10.1. The Morgan fingerprint density at radius 2 is 2.22 bits per heavy atom. The molecule has 1 heterocycles. The van der Waals surface area contributed by atoms with Gasteiger partial charge in [0.25, 0.3) is 0 Å². The molecule has 0 bridgehead atoms. The molecule has 2 aromatic rings. The smallest absolute Gasteiger partial charge is 0.323 e. The summed E-state index contributed by atoms with van der Waals surface area (Å²) in [6, 6.07) is 2.72. The number of aliphatic hydroxyl groups excluding tert-OH is 1. The standard InChI is InChI=1S/C15H17F2N3O2S/c1-9(8-21)20(2)15(22)19-14-18-7-12(23-14)5-10-3-4-11(16)6-13(10)17/h3-4,6-7,9,21H,5,8H2,1-2H3,(H,18,19,22). The Kier molecular flexibility index (Phi) is 5.62. The van der Waals surface area contributed by atoms with Gasteiger partial charge in [-0.05, 0) is 18.6 Å². The van der Waals surface area contributed by atoms with Gasteiger partial charge in [-0.15, -0.1) is 11.3 Å². The van der Waals surface area contributed by atoms with E-state index < -0.39 is 11.6 Å². The number of hydrogen-bond acceptors (Lipinski definition) is 4. The number of anilines is 1. The zero-order valence-corrected chi connectivity index (χ0v) is 13.5. The first-order chi connectivity index (χ1) is 10.9. The third-order valence-electron chi connectivity index (χ3n) is 3.39. The summed E-state index contributed by atoms with van der Waals surface area (Å²) in [5.74, 6) is -1.23. The summed E-state index contributed by atoms with van der Waals surface area (Å²) < 4.78 is 26.5. The topological polar surface area (TPSA) is 65.5 Å². The first kappa shape index (κ1) is 17.3. The molecule has 1 atom stereocenters. The minimum atomic E-state index is -0.621. The van der Waals surface area contributed by atoms with Crippen LogP contribution >= 0.6 is 11.3 Å². The Hall–Kier alpha value is -2.06. The maximum absolute atomic E-state index is 13.6. The van der Waals surface area contributed by atoms with E-state index in [-0.39, 0.29) is 25.1 Å². The fourth-order valence-corrected chi connectivity index (χ4v) is 2.63. The van der Waals surface area contributed by atoms with E-state index in [1.54, 1.807) is 20.2 Å². The van der Waals surface area contributed by atoms with Gasteiger partial charge in [0.05, 0.1) is 12.6 Å². The average Bonchev–Trinajstić information content (AvgIpc) is 2.95. The number of amides is 2. The van der Waals surface area contributed by atoms with Crippen LogP contribution in [0, 0.1) is 11.6 Å². The van der Waals surface area contributed by atoms with Crippen molar-refractivity contribution >= 4 is 22.5 Å². The number of carbonyl (C=O) groups excluding carboxylic acids is 1. The van der Waals surface area contributed by atoms with Gasteiger partial charge < -0.3 is 10.0 Å². The number of nitrogens with zero attached hydrogens (tertiary/aromatic N) is 2. The minimum absolute atomic E-state index is 0.142. The highest BCUT2D eigenvalue weighted by Gasteiger charge is 2.16. The second kappa shape index (κ2) is 7.47. The molecule has 23 heavy (non-hydrogen) atoms. The number of hydrogen-bond donors (Lipinski definition) is 2. The summed E-state index contributed by atoms with van der Waals surface area (Å²) in [6.07, 6.45) is 1.81. The van der Waals surface area contributed by atoms with Gasteiger partial charge in [0.15, 0.2) is 5.13 Å². The number of carbonyl (C=O) groups is 1. The Labute approximate surface area is 136 Å². The normalized spacial score (nSPS) is 12.0. The van der Waals surface area contributed by atoms with Gasteiger partial charge in [-0.1, -0.05) is 6.07 Å². The van der Waals surface area contributed by atoms with Crippen LogP contribution in [0.3, 0.4) is 0 Å². The number of aromatic nitrogens is 1. The predicted octanol–water partition coefficient (Wildman–Crippen LogP) is 2.86. The number of halogens is 2. The summed E-state index contributed by atoms with van der Waals surface area (Å²) in [6.45, 7) is 1.57. The third-order valence-corrected chi connectivity index (χ3v) is 4.31. The fraction of sp³-hybridized carbons (Fsp3) is 0.333. The van der Waals surface area contributed by atoms with Crippen LogP contribution < -0.4 is 5.32 Å². The van der Waals surface area contributed by atoms with Crippen LogP contribution in [0.1, 0.15) is 17.4 Å². The summed E-state index contributed by atoms with van der Waals surface area (Å²) in [7, 11) is 1.57. The van der Waals surface area contributed by atoms with Gasteiger partial charge >= 0.3 is 6.03 Å². The van der Waals surface area contributed by atoms with Gasteiger partial charge in [-0.25, -0.2) is 18.6 Å². The van der Waals surface area contributed by atoms with Crippen molar-refractivity contribution in [2.75, 3.05) is 19.0 Å². The quantitative estimate of drug-likeness (QED) is 0.879. The van der Waals surface area contributed by atoms with Crippen molar-refractivity contribution in [3.8, 4) is 0 Å². The van der Waals surface area contributed by atoms with Crippen LogP contribution in [0.5, 0.6) is 0 Å². The van der Waals surface area contributed by atoms with Gasteiger partial charge in [0.1, 0.15) is 11.6 Å². The van der Waals surface area contributed by atoms with Crippen molar-refractivity contribution in [1.29, 1.82) is 0 Å². The molecule has 5 nitrogen and oxygen atoms in total. The zero-order valence-electron chi connectivity index (χ0n) is 12.7. The van der Waals surface area contributed by atoms with Crippen molar-refractivity contribution in [1.82, 2.24) is 9.88 Å². The molecule has 0 spiro atoms. The van der Waals surface area contributed by atoms with Crippen molar-refractivity contribution < 1.29 is 18.7 Å². The maximum Gasteiger partial charge on any atom is 0.323 e. The Morgan fingerprint density at radius 3 is 2.87 bits per heavy atom. The van der Waals surface area contributed by atoms with Gasteiger partial charge in [0.2, 0.25) is 0 Å². The summed E-state index contributed by atoms with van der Waals surface area (Å²) in [4.78, 5) is 18.1. The van der Waals surface area contributed by atoms with Crippen LogP contribution in [0.4, 0.5) is 18.7 Å². The van der Waals surface area contributed by atoms with E-state index in [0.29, 0.717) is 10.7 Å². The molecule has 8 heteroatoms. The number of nitrogens with one attached hydrogen (secondary N) is 1. The van der Waals surface area contributed by atoms with E-state index in [2.05, 4.69) is 10.3 Å². The Morgan fingerprint density at radius 1 is 1.48 bits per heavy atom. The lowest BCUT2D eigenvalue weighted by Gasteiger charge is -2.22. The molecule has 0 aliphatic rings. The molecule has 2 amide bonds. The predicted molar refractivity (Wildman–Crippen MR) is 84.6 cm³/mol. The summed E-state index contributed by atoms with van der Waals surface area (Å²) >= 11 is 1.21. The van der Waals surface area contributed by atoms with Gasteiger partial charge in [-0.3, -0.25) is 5.32 Å².